The van der Waals surface area contributed by atoms with Gasteiger partial charge in [-0.15, -0.1) is 11.8 Å². The standard InChI is InChI=1S/C12H21NS2/c1-11(2,3)8-14-10-7-9(15-13-10)12(4,5)6/h7H,8H2,1-6H3. The minimum atomic E-state index is 0.234. The Morgan fingerprint density at radius 1 is 1.20 bits per heavy atom. The van der Waals surface area contributed by atoms with Gasteiger partial charge in [-0.3, -0.25) is 0 Å². The van der Waals surface area contributed by atoms with Crippen LogP contribution in [0.25, 0.3) is 0 Å². The minimum absolute atomic E-state index is 0.234. The predicted molar refractivity (Wildman–Crippen MR) is 71.0 cm³/mol. The van der Waals surface area contributed by atoms with E-state index in [-0.39, 0.29) is 5.41 Å². The Labute approximate surface area is 102 Å². The Morgan fingerprint density at radius 2 is 1.80 bits per heavy atom. The number of hydrogen-bond donors (Lipinski definition) is 0. The minimum Gasteiger partial charge on any atom is -0.186 e. The van der Waals surface area contributed by atoms with E-state index in [9.17, 15) is 0 Å². The van der Waals surface area contributed by atoms with E-state index in [4.69, 9.17) is 0 Å². The van der Waals surface area contributed by atoms with Gasteiger partial charge in [-0.05, 0) is 28.4 Å². The van der Waals surface area contributed by atoms with Crippen LogP contribution in [0, 0.1) is 5.41 Å². The monoisotopic (exact) mass is 243 g/mol. The molecule has 1 aromatic heterocycles. The molecule has 1 aromatic rings. The summed E-state index contributed by atoms with van der Waals surface area (Å²) in [5.74, 6) is 1.13. The lowest BCUT2D eigenvalue weighted by Gasteiger charge is -2.16. The highest BCUT2D eigenvalue weighted by atomic mass is 32.2. The Bertz CT molecular complexity index is 315. The van der Waals surface area contributed by atoms with Crippen molar-refractivity contribution in [1.29, 1.82) is 0 Å². The molecule has 0 spiro atoms. The second-order valence-corrected chi connectivity index (χ2v) is 7.93. The van der Waals surface area contributed by atoms with Gasteiger partial charge in [0.2, 0.25) is 0 Å². The first kappa shape index (κ1) is 13.0. The first-order chi connectivity index (χ1) is 6.68. The van der Waals surface area contributed by atoms with Crippen LogP contribution in [0.4, 0.5) is 0 Å². The molecule has 0 aromatic carbocycles. The summed E-state index contributed by atoms with van der Waals surface area (Å²) in [6, 6.07) is 2.24. The Kier molecular flexibility index (Phi) is 3.88. The van der Waals surface area contributed by atoms with Crippen LogP contribution < -0.4 is 0 Å². The lowest BCUT2D eigenvalue weighted by molar-refractivity contribution is 0.480. The number of rotatable bonds is 2. The predicted octanol–water partition coefficient (Wildman–Crippen LogP) is 4.58. The topological polar surface area (TPSA) is 12.9 Å². The molecule has 0 N–H and O–H groups in total. The van der Waals surface area contributed by atoms with Gasteiger partial charge in [0.25, 0.3) is 0 Å². The molecule has 0 fully saturated rings. The SMILES string of the molecule is CC(C)(C)CSc1cc(C(C)(C)C)sn1. The molecule has 1 nitrogen and oxygen atoms in total. The van der Waals surface area contributed by atoms with Gasteiger partial charge in [0, 0.05) is 10.6 Å². The van der Waals surface area contributed by atoms with Gasteiger partial charge >= 0.3 is 0 Å². The third kappa shape index (κ3) is 4.56. The highest BCUT2D eigenvalue weighted by Crippen LogP contribution is 2.32. The lowest BCUT2D eigenvalue weighted by atomic mass is 9.95. The van der Waals surface area contributed by atoms with Crippen molar-refractivity contribution in [3.8, 4) is 0 Å². The fourth-order valence-corrected chi connectivity index (χ4v) is 2.83. The van der Waals surface area contributed by atoms with E-state index in [1.165, 1.54) is 9.90 Å². The van der Waals surface area contributed by atoms with Crippen molar-refractivity contribution in [2.75, 3.05) is 5.75 Å². The van der Waals surface area contributed by atoms with Gasteiger partial charge in [0.1, 0.15) is 5.03 Å². The molecule has 0 aliphatic carbocycles. The zero-order chi connectivity index (χ0) is 11.7. The van der Waals surface area contributed by atoms with Crippen LogP contribution in [0.5, 0.6) is 0 Å². The van der Waals surface area contributed by atoms with Crippen LogP contribution in [0.3, 0.4) is 0 Å². The van der Waals surface area contributed by atoms with Crippen LogP contribution in [0.2, 0.25) is 0 Å². The van der Waals surface area contributed by atoms with Crippen LogP contribution in [-0.4, -0.2) is 10.1 Å². The molecular weight excluding hydrogens is 222 g/mol. The quantitative estimate of drug-likeness (QED) is 0.705. The summed E-state index contributed by atoms with van der Waals surface area (Å²) in [7, 11) is 0. The molecule has 0 saturated heterocycles. The van der Waals surface area contributed by atoms with Crippen molar-refractivity contribution in [3.05, 3.63) is 10.9 Å². The second kappa shape index (κ2) is 4.46. The summed E-state index contributed by atoms with van der Waals surface area (Å²) >= 11 is 3.50. The van der Waals surface area contributed by atoms with Crippen molar-refractivity contribution in [1.82, 2.24) is 4.37 Å². The summed E-state index contributed by atoms with van der Waals surface area (Å²) in [6.45, 7) is 13.5. The van der Waals surface area contributed by atoms with Gasteiger partial charge in [0.05, 0.1) is 0 Å². The van der Waals surface area contributed by atoms with Crippen molar-refractivity contribution < 1.29 is 0 Å². The highest BCUT2D eigenvalue weighted by molar-refractivity contribution is 7.99. The van der Waals surface area contributed by atoms with E-state index >= 15 is 0 Å². The molecule has 0 bridgehead atoms. The maximum absolute atomic E-state index is 4.49. The molecule has 3 heteroatoms. The van der Waals surface area contributed by atoms with E-state index in [1.807, 2.05) is 11.8 Å². The van der Waals surface area contributed by atoms with Gasteiger partial charge in [-0.1, -0.05) is 41.5 Å². The van der Waals surface area contributed by atoms with Crippen molar-refractivity contribution >= 4 is 23.3 Å². The molecule has 0 unspecified atom stereocenters. The molecular formula is C12H21NS2. The number of aromatic nitrogens is 1. The van der Waals surface area contributed by atoms with Crippen molar-refractivity contribution in [2.45, 2.75) is 52.0 Å². The summed E-state index contributed by atoms with van der Waals surface area (Å²) in [6.07, 6.45) is 0. The molecule has 0 amide bonds. The van der Waals surface area contributed by atoms with E-state index in [0.29, 0.717) is 5.41 Å². The Hall–Kier alpha value is -0.0200. The first-order valence-electron chi connectivity index (χ1n) is 5.28. The number of nitrogens with zero attached hydrogens (tertiary/aromatic N) is 1. The van der Waals surface area contributed by atoms with Crippen molar-refractivity contribution in [3.63, 3.8) is 0 Å². The zero-order valence-corrected chi connectivity index (χ0v) is 12.2. The summed E-state index contributed by atoms with van der Waals surface area (Å²) in [4.78, 5) is 1.37. The van der Waals surface area contributed by atoms with Gasteiger partial charge in [-0.25, -0.2) is 0 Å². The van der Waals surface area contributed by atoms with Gasteiger partial charge in [-0.2, -0.15) is 4.37 Å². The van der Waals surface area contributed by atoms with E-state index in [1.54, 1.807) is 11.5 Å². The van der Waals surface area contributed by atoms with E-state index in [2.05, 4.69) is 52.0 Å². The van der Waals surface area contributed by atoms with E-state index in [0.717, 1.165) is 5.75 Å². The molecule has 1 rings (SSSR count). The van der Waals surface area contributed by atoms with Crippen LogP contribution in [-0.2, 0) is 5.41 Å². The van der Waals surface area contributed by atoms with Crippen LogP contribution in [0.15, 0.2) is 11.1 Å². The first-order valence-corrected chi connectivity index (χ1v) is 7.04. The van der Waals surface area contributed by atoms with Gasteiger partial charge in [0.15, 0.2) is 0 Å². The maximum atomic E-state index is 4.49. The van der Waals surface area contributed by atoms with Crippen LogP contribution >= 0.6 is 23.3 Å². The molecule has 0 aliphatic heterocycles. The third-order valence-corrected chi connectivity index (χ3v) is 4.73. The summed E-state index contributed by atoms with van der Waals surface area (Å²) in [5, 5.41) is 1.18. The summed E-state index contributed by atoms with van der Waals surface area (Å²) < 4.78 is 4.49. The normalized spacial score (nSPS) is 13.2. The molecule has 15 heavy (non-hydrogen) atoms. The molecule has 0 saturated carbocycles. The fraction of sp³-hybridized carbons (Fsp3) is 0.750. The van der Waals surface area contributed by atoms with E-state index < -0.39 is 0 Å². The largest absolute Gasteiger partial charge is 0.186 e. The maximum Gasteiger partial charge on any atom is 0.110 e. The highest BCUT2D eigenvalue weighted by Gasteiger charge is 2.18. The average molecular weight is 243 g/mol. The summed E-state index contributed by atoms with van der Waals surface area (Å²) in [5.41, 5.74) is 0.606. The molecule has 86 valence electrons. The zero-order valence-electron chi connectivity index (χ0n) is 10.5. The average Bonchev–Trinajstić information content (AvgIpc) is 2.45. The van der Waals surface area contributed by atoms with Crippen LogP contribution in [0.1, 0.15) is 46.4 Å². The molecule has 1 heterocycles. The van der Waals surface area contributed by atoms with Gasteiger partial charge < -0.3 is 0 Å². The van der Waals surface area contributed by atoms with Crippen molar-refractivity contribution in [2.24, 2.45) is 5.41 Å². The third-order valence-electron chi connectivity index (χ3n) is 1.88. The molecule has 0 aliphatic rings. The lowest BCUT2D eigenvalue weighted by Crippen LogP contribution is -2.08. The Balaban J connectivity index is 2.62. The second-order valence-electron chi connectivity index (χ2n) is 6.13. The number of hydrogen-bond acceptors (Lipinski definition) is 3. The smallest absolute Gasteiger partial charge is 0.110 e. The molecule has 0 radical (unpaired) electrons. The fourth-order valence-electron chi connectivity index (χ4n) is 0.971. The Morgan fingerprint density at radius 3 is 2.20 bits per heavy atom. The molecule has 0 atom stereocenters. The number of thioether (sulfide) groups is 1.